The van der Waals surface area contributed by atoms with Crippen molar-refractivity contribution >= 4 is 11.8 Å². The zero-order chi connectivity index (χ0) is 21.3. The summed E-state index contributed by atoms with van der Waals surface area (Å²) in [5.74, 6) is -0.339. The molecule has 3 aliphatic rings. The average molecular weight is 420 g/mol. The van der Waals surface area contributed by atoms with Crippen LogP contribution in [0, 0.1) is 0 Å². The Balaban J connectivity index is 1.51. The van der Waals surface area contributed by atoms with Crippen molar-refractivity contribution in [2.24, 2.45) is 0 Å². The Hall–Kier alpha value is -2.73. The molecule has 3 heterocycles. The van der Waals surface area contributed by atoms with Gasteiger partial charge in [-0.1, -0.05) is 37.1 Å². The Bertz CT molecular complexity index is 949. The molecule has 2 amide bonds. The summed E-state index contributed by atoms with van der Waals surface area (Å²) in [4.78, 5) is 33.5. The van der Waals surface area contributed by atoms with Crippen molar-refractivity contribution in [3.8, 4) is 0 Å². The van der Waals surface area contributed by atoms with E-state index in [2.05, 4.69) is 10.3 Å². The number of ether oxygens (including phenoxy) is 1. The van der Waals surface area contributed by atoms with E-state index >= 15 is 0 Å². The molecule has 162 valence electrons. The summed E-state index contributed by atoms with van der Waals surface area (Å²) in [6.07, 6.45) is 9.33. The first-order valence-corrected chi connectivity index (χ1v) is 11.4. The van der Waals surface area contributed by atoms with Crippen molar-refractivity contribution < 1.29 is 14.3 Å². The van der Waals surface area contributed by atoms with Crippen LogP contribution in [-0.4, -0.2) is 46.5 Å². The van der Waals surface area contributed by atoms with Crippen LogP contribution in [0.15, 0.2) is 48.8 Å². The van der Waals surface area contributed by atoms with Gasteiger partial charge in [0.15, 0.2) is 0 Å². The molecule has 0 bridgehead atoms. The predicted octanol–water partition coefficient (Wildman–Crippen LogP) is 3.43. The Morgan fingerprint density at radius 1 is 1.16 bits per heavy atom. The monoisotopic (exact) mass is 419 g/mol. The maximum Gasteiger partial charge on any atom is 0.254 e. The van der Waals surface area contributed by atoms with Crippen LogP contribution < -0.4 is 5.32 Å². The number of pyridine rings is 1. The maximum atomic E-state index is 13.7. The number of hydrogen-bond acceptors (Lipinski definition) is 4. The number of carbonyl (C=O) groups excluding carboxylic acids is 2. The lowest BCUT2D eigenvalue weighted by Gasteiger charge is -2.50. The highest BCUT2D eigenvalue weighted by Gasteiger charge is 2.55. The third-order valence-electron chi connectivity index (χ3n) is 7.15. The van der Waals surface area contributed by atoms with Crippen LogP contribution in [-0.2, 0) is 16.1 Å². The van der Waals surface area contributed by atoms with Crippen molar-refractivity contribution in [2.75, 3.05) is 13.2 Å². The van der Waals surface area contributed by atoms with Gasteiger partial charge < -0.3 is 15.0 Å². The van der Waals surface area contributed by atoms with E-state index in [4.69, 9.17) is 4.74 Å². The van der Waals surface area contributed by atoms with Crippen molar-refractivity contribution in [2.45, 2.75) is 62.6 Å². The third kappa shape index (κ3) is 3.63. The van der Waals surface area contributed by atoms with Gasteiger partial charge in [-0.2, -0.15) is 0 Å². The molecule has 2 fully saturated rings. The lowest BCUT2D eigenvalue weighted by molar-refractivity contribution is -0.127. The number of fused-ring (bicyclic) bond motifs is 1. The van der Waals surface area contributed by atoms with Crippen LogP contribution in [0.3, 0.4) is 0 Å². The quantitative estimate of drug-likeness (QED) is 0.806. The van der Waals surface area contributed by atoms with E-state index in [1.807, 2.05) is 41.3 Å². The molecule has 5 rings (SSSR count). The lowest BCUT2D eigenvalue weighted by Crippen LogP contribution is -2.62. The van der Waals surface area contributed by atoms with E-state index < -0.39 is 5.54 Å². The highest BCUT2D eigenvalue weighted by Crippen LogP contribution is 2.50. The van der Waals surface area contributed by atoms with Gasteiger partial charge in [-0.25, -0.2) is 0 Å². The minimum absolute atomic E-state index is 0.0111. The van der Waals surface area contributed by atoms with E-state index in [9.17, 15) is 9.59 Å². The van der Waals surface area contributed by atoms with Crippen LogP contribution >= 0.6 is 0 Å². The van der Waals surface area contributed by atoms with Crippen molar-refractivity contribution in [1.82, 2.24) is 15.2 Å². The van der Waals surface area contributed by atoms with E-state index in [0.717, 1.165) is 56.3 Å². The maximum absolute atomic E-state index is 13.7. The summed E-state index contributed by atoms with van der Waals surface area (Å²) >= 11 is 0. The van der Waals surface area contributed by atoms with Crippen molar-refractivity contribution in [3.63, 3.8) is 0 Å². The van der Waals surface area contributed by atoms with Gasteiger partial charge in [0.2, 0.25) is 5.91 Å². The number of benzene rings is 1. The fourth-order valence-electron chi connectivity index (χ4n) is 5.72. The van der Waals surface area contributed by atoms with Crippen LogP contribution in [0.2, 0.25) is 0 Å². The van der Waals surface area contributed by atoms with Gasteiger partial charge in [0.1, 0.15) is 0 Å². The summed E-state index contributed by atoms with van der Waals surface area (Å²) in [7, 11) is 0. The summed E-state index contributed by atoms with van der Waals surface area (Å²) in [6.45, 7) is 1.76. The Morgan fingerprint density at radius 3 is 2.74 bits per heavy atom. The zero-order valence-corrected chi connectivity index (χ0v) is 17.8. The third-order valence-corrected chi connectivity index (χ3v) is 7.15. The van der Waals surface area contributed by atoms with Crippen LogP contribution in [0.25, 0.3) is 0 Å². The SMILES string of the molecule is O=C(NCc1cccnc1)C1c2ccccc2C(=O)N(CC2CCCO2)C12CCCC2. The molecular weight excluding hydrogens is 390 g/mol. The minimum atomic E-state index is -0.476. The van der Waals surface area contributed by atoms with Gasteiger partial charge in [0.25, 0.3) is 5.91 Å². The van der Waals surface area contributed by atoms with Gasteiger partial charge in [-0.15, -0.1) is 0 Å². The van der Waals surface area contributed by atoms with Gasteiger partial charge in [0.05, 0.1) is 17.6 Å². The van der Waals surface area contributed by atoms with E-state index in [0.29, 0.717) is 18.7 Å². The van der Waals surface area contributed by atoms with Crippen molar-refractivity contribution in [3.05, 3.63) is 65.5 Å². The van der Waals surface area contributed by atoms with Crippen LogP contribution in [0.1, 0.15) is 65.9 Å². The first-order valence-electron chi connectivity index (χ1n) is 11.4. The van der Waals surface area contributed by atoms with Gasteiger partial charge >= 0.3 is 0 Å². The Kier molecular flexibility index (Phi) is 5.48. The summed E-state index contributed by atoms with van der Waals surface area (Å²) < 4.78 is 5.89. The molecule has 1 N–H and O–H groups in total. The average Bonchev–Trinajstić information content (AvgIpc) is 3.49. The molecule has 1 saturated heterocycles. The number of carbonyl (C=O) groups is 2. The van der Waals surface area contributed by atoms with Gasteiger partial charge in [-0.3, -0.25) is 14.6 Å². The highest BCUT2D eigenvalue weighted by atomic mass is 16.5. The Morgan fingerprint density at radius 2 is 2.00 bits per heavy atom. The number of hydrogen-bond donors (Lipinski definition) is 1. The lowest BCUT2D eigenvalue weighted by atomic mass is 9.71. The minimum Gasteiger partial charge on any atom is -0.376 e. The number of nitrogens with one attached hydrogen (secondary N) is 1. The predicted molar refractivity (Wildman–Crippen MR) is 116 cm³/mol. The summed E-state index contributed by atoms with van der Waals surface area (Å²) in [5.41, 5.74) is 2.00. The first-order chi connectivity index (χ1) is 15.2. The first kappa shape index (κ1) is 20.2. The number of nitrogens with zero attached hydrogens (tertiary/aromatic N) is 2. The largest absolute Gasteiger partial charge is 0.376 e. The molecule has 6 nitrogen and oxygen atoms in total. The fourth-order valence-corrected chi connectivity index (χ4v) is 5.72. The van der Waals surface area contributed by atoms with Crippen LogP contribution in [0.5, 0.6) is 0 Å². The van der Waals surface area contributed by atoms with Gasteiger partial charge in [0, 0.05) is 37.7 Å². The van der Waals surface area contributed by atoms with E-state index in [1.165, 1.54) is 0 Å². The second-order valence-electron chi connectivity index (χ2n) is 8.96. The Labute approximate surface area is 183 Å². The molecule has 1 aromatic heterocycles. The second kappa shape index (κ2) is 8.42. The van der Waals surface area contributed by atoms with Crippen LogP contribution in [0.4, 0.5) is 0 Å². The summed E-state index contributed by atoms with van der Waals surface area (Å²) in [6, 6.07) is 11.5. The zero-order valence-electron chi connectivity index (χ0n) is 17.8. The normalized spacial score (nSPS) is 24.4. The molecule has 2 aliphatic heterocycles. The molecule has 1 aliphatic carbocycles. The fraction of sp³-hybridized carbons (Fsp3) is 0.480. The van der Waals surface area contributed by atoms with Gasteiger partial charge in [-0.05, 0) is 48.9 Å². The molecular formula is C25H29N3O3. The molecule has 1 aromatic carbocycles. The second-order valence-corrected chi connectivity index (χ2v) is 8.96. The standard InChI is InChI=1S/C25H29N3O3/c29-23(27-16-18-7-5-13-26-15-18)22-20-9-1-2-10-21(20)24(30)28(17-19-8-6-14-31-19)25(22)11-3-4-12-25/h1-2,5,7,9-10,13,15,19,22H,3-4,6,8,11-12,14,16-17H2,(H,27,29). The van der Waals surface area contributed by atoms with Crippen molar-refractivity contribution in [1.29, 1.82) is 0 Å². The topological polar surface area (TPSA) is 71.5 Å². The number of amides is 2. The molecule has 2 atom stereocenters. The highest BCUT2D eigenvalue weighted by molar-refractivity contribution is 6.02. The molecule has 1 spiro atoms. The summed E-state index contributed by atoms with van der Waals surface area (Å²) in [5, 5.41) is 3.14. The molecule has 2 aromatic rings. The number of aromatic nitrogens is 1. The molecule has 31 heavy (non-hydrogen) atoms. The smallest absolute Gasteiger partial charge is 0.254 e. The van der Waals surface area contributed by atoms with E-state index in [-0.39, 0.29) is 23.8 Å². The molecule has 6 heteroatoms. The molecule has 1 saturated carbocycles. The molecule has 2 unspecified atom stereocenters. The molecule has 0 radical (unpaired) electrons. The van der Waals surface area contributed by atoms with E-state index in [1.54, 1.807) is 12.4 Å². The number of rotatable bonds is 5.